The van der Waals surface area contributed by atoms with Crippen LogP contribution in [0.1, 0.15) is 36.6 Å². The third kappa shape index (κ3) is 3.32. The summed E-state index contributed by atoms with van der Waals surface area (Å²) in [6, 6.07) is 13.4. The molecule has 0 unspecified atom stereocenters. The number of hydrogen-bond acceptors (Lipinski definition) is 3. The van der Waals surface area contributed by atoms with Crippen LogP contribution >= 0.6 is 0 Å². The highest BCUT2D eigenvalue weighted by Gasteiger charge is 2.05. The number of nitriles is 1. The van der Waals surface area contributed by atoms with E-state index in [0.717, 1.165) is 11.4 Å². The first kappa shape index (κ1) is 13.1. The van der Waals surface area contributed by atoms with Gasteiger partial charge in [0.15, 0.2) is 0 Å². The van der Waals surface area contributed by atoms with E-state index in [1.54, 1.807) is 12.1 Å². The molecular weight excluding hydrogens is 236 g/mol. The van der Waals surface area contributed by atoms with Gasteiger partial charge in [0.05, 0.1) is 11.6 Å². The van der Waals surface area contributed by atoms with E-state index >= 15 is 0 Å². The van der Waals surface area contributed by atoms with E-state index in [-0.39, 0.29) is 0 Å². The molecule has 1 heterocycles. The summed E-state index contributed by atoms with van der Waals surface area (Å²) in [5.74, 6) is 1.65. The number of benzene rings is 1. The molecule has 0 bridgehead atoms. The zero-order valence-corrected chi connectivity index (χ0v) is 11.3. The van der Waals surface area contributed by atoms with E-state index in [2.05, 4.69) is 31.0 Å². The quantitative estimate of drug-likeness (QED) is 0.823. The van der Waals surface area contributed by atoms with Crippen molar-refractivity contribution >= 4 is 0 Å². The molecule has 0 saturated heterocycles. The molecule has 0 amide bonds. The van der Waals surface area contributed by atoms with E-state index in [9.17, 15) is 0 Å². The lowest BCUT2D eigenvalue weighted by Crippen LogP contribution is -1.93. The average molecular weight is 252 g/mol. The molecule has 0 atom stereocenters. The van der Waals surface area contributed by atoms with Gasteiger partial charge in [0, 0.05) is 11.8 Å². The van der Waals surface area contributed by atoms with Crippen LogP contribution in [0.3, 0.4) is 0 Å². The Morgan fingerprint density at radius 2 is 2.00 bits per heavy atom. The summed E-state index contributed by atoms with van der Waals surface area (Å²) < 4.78 is 5.73. The van der Waals surface area contributed by atoms with Crippen molar-refractivity contribution in [2.24, 2.45) is 0 Å². The zero-order chi connectivity index (χ0) is 13.8. The topological polar surface area (TPSA) is 45.9 Å². The Balaban J connectivity index is 2.28. The molecule has 0 aliphatic heterocycles. The van der Waals surface area contributed by atoms with Gasteiger partial charge in [0.1, 0.15) is 5.75 Å². The summed E-state index contributed by atoms with van der Waals surface area (Å²) in [6.45, 7) is 6.12. The second-order valence-electron chi connectivity index (χ2n) is 4.78. The Morgan fingerprint density at radius 1 is 1.21 bits per heavy atom. The maximum Gasteiger partial charge on any atom is 0.220 e. The standard InChI is InChI=1S/C16H16N2O/c1-11(2)14-5-4-6-15(9-14)19-16-8-13(10-17)7-12(3)18-16/h4-9,11H,1-3H3. The van der Waals surface area contributed by atoms with Crippen molar-refractivity contribution in [3.05, 3.63) is 53.2 Å². The van der Waals surface area contributed by atoms with Crippen LogP contribution in [-0.4, -0.2) is 4.98 Å². The van der Waals surface area contributed by atoms with Crippen molar-refractivity contribution in [2.45, 2.75) is 26.7 Å². The summed E-state index contributed by atoms with van der Waals surface area (Å²) in [5.41, 5.74) is 2.54. The fourth-order valence-electron chi connectivity index (χ4n) is 1.81. The lowest BCUT2D eigenvalue weighted by atomic mass is 10.0. The predicted molar refractivity (Wildman–Crippen MR) is 74.3 cm³/mol. The molecule has 3 nitrogen and oxygen atoms in total. The maximum absolute atomic E-state index is 8.94. The van der Waals surface area contributed by atoms with Crippen molar-refractivity contribution in [1.82, 2.24) is 4.98 Å². The van der Waals surface area contributed by atoms with Gasteiger partial charge in [-0.3, -0.25) is 0 Å². The molecule has 0 fully saturated rings. The number of pyridine rings is 1. The third-order valence-corrected chi connectivity index (χ3v) is 2.81. The van der Waals surface area contributed by atoms with Crippen LogP contribution in [0.5, 0.6) is 11.6 Å². The molecule has 0 saturated carbocycles. The summed E-state index contributed by atoms with van der Waals surface area (Å²) in [4.78, 5) is 4.28. The fraction of sp³-hybridized carbons (Fsp3) is 0.250. The minimum Gasteiger partial charge on any atom is -0.439 e. The first-order chi connectivity index (χ1) is 9.08. The summed E-state index contributed by atoms with van der Waals surface area (Å²) >= 11 is 0. The van der Waals surface area contributed by atoms with Crippen LogP contribution < -0.4 is 4.74 Å². The molecule has 3 heteroatoms. The van der Waals surface area contributed by atoms with E-state index in [1.807, 2.05) is 25.1 Å². The van der Waals surface area contributed by atoms with Gasteiger partial charge in [-0.2, -0.15) is 5.26 Å². The molecule has 0 radical (unpaired) electrons. The van der Waals surface area contributed by atoms with Crippen molar-refractivity contribution < 1.29 is 4.74 Å². The number of hydrogen-bond donors (Lipinski definition) is 0. The normalized spacial score (nSPS) is 10.3. The van der Waals surface area contributed by atoms with Crippen LogP contribution in [0.2, 0.25) is 0 Å². The average Bonchev–Trinajstić information content (AvgIpc) is 2.38. The highest BCUT2D eigenvalue weighted by Crippen LogP contribution is 2.24. The number of aromatic nitrogens is 1. The lowest BCUT2D eigenvalue weighted by molar-refractivity contribution is 0.460. The van der Waals surface area contributed by atoms with Crippen LogP contribution in [0, 0.1) is 18.3 Å². The molecule has 96 valence electrons. The highest BCUT2D eigenvalue weighted by molar-refractivity contribution is 5.37. The fourth-order valence-corrected chi connectivity index (χ4v) is 1.81. The van der Waals surface area contributed by atoms with Gasteiger partial charge in [-0.25, -0.2) is 4.98 Å². The minimum atomic E-state index is 0.448. The van der Waals surface area contributed by atoms with Crippen LogP contribution in [-0.2, 0) is 0 Å². The zero-order valence-electron chi connectivity index (χ0n) is 11.3. The number of nitrogens with zero attached hydrogens (tertiary/aromatic N) is 2. The Hall–Kier alpha value is -2.34. The Kier molecular flexibility index (Phi) is 3.82. The first-order valence-electron chi connectivity index (χ1n) is 6.25. The SMILES string of the molecule is Cc1cc(C#N)cc(Oc2cccc(C(C)C)c2)n1. The summed E-state index contributed by atoms with van der Waals surface area (Å²) in [5, 5.41) is 8.94. The van der Waals surface area contributed by atoms with E-state index < -0.39 is 0 Å². The molecule has 0 aliphatic rings. The molecule has 2 aromatic rings. The van der Waals surface area contributed by atoms with Crippen LogP contribution in [0.25, 0.3) is 0 Å². The minimum absolute atomic E-state index is 0.448. The molecule has 1 aromatic heterocycles. The Bertz CT molecular complexity index is 627. The van der Waals surface area contributed by atoms with E-state index in [4.69, 9.17) is 10.00 Å². The number of rotatable bonds is 3. The summed E-state index contributed by atoms with van der Waals surface area (Å²) in [6.07, 6.45) is 0. The smallest absolute Gasteiger partial charge is 0.220 e. The second-order valence-corrected chi connectivity index (χ2v) is 4.78. The lowest BCUT2D eigenvalue weighted by Gasteiger charge is -2.09. The molecule has 0 aliphatic carbocycles. The van der Waals surface area contributed by atoms with Crippen molar-refractivity contribution in [3.63, 3.8) is 0 Å². The van der Waals surface area contributed by atoms with E-state index in [0.29, 0.717) is 17.4 Å². The van der Waals surface area contributed by atoms with Crippen LogP contribution in [0.4, 0.5) is 0 Å². The van der Waals surface area contributed by atoms with Gasteiger partial charge in [-0.1, -0.05) is 26.0 Å². The van der Waals surface area contributed by atoms with Crippen molar-refractivity contribution in [1.29, 1.82) is 5.26 Å². The van der Waals surface area contributed by atoms with Gasteiger partial charge in [0.2, 0.25) is 5.88 Å². The molecule has 1 aromatic carbocycles. The van der Waals surface area contributed by atoms with Gasteiger partial charge in [-0.05, 0) is 36.6 Å². The molecule has 0 N–H and O–H groups in total. The van der Waals surface area contributed by atoms with Crippen molar-refractivity contribution in [2.75, 3.05) is 0 Å². The second kappa shape index (κ2) is 5.53. The van der Waals surface area contributed by atoms with Crippen molar-refractivity contribution in [3.8, 4) is 17.7 Å². The molecule has 0 spiro atoms. The molecule has 19 heavy (non-hydrogen) atoms. The van der Waals surface area contributed by atoms with Gasteiger partial charge < -0.3 is 4.74 Å². The molecule has 2 rings (SSSR count). The predicted octanol–water partition coefficient (Wildman–Crippen LogP) is 4.18. The monoisotopic (exact) mass is 252 g/mol. The number of aryl methyl sites for hydroxylation is 1. The Morgan fingerprint density at radius 3 is 2.68 bits per heavy atom. The highest BCUT2D eigenvalue weighted by atomic mass is 16.5. The largest absolute Gasteiger partial charge is 0.439 e. The summed E-state index contributed by atoms with van der Waals surface area (Å²) in [7, 11) is 0. The number of ether oxygens (including phenoxy) is 1. The maximum atomic E-state index is 8.94. The van der Waals surface area contributed by atoms with Gasteiger partial charge in [0.25, 0.3) is 0 Å². The first-order valence-corrected chi connectivity index (χ1v) is 6.25. The van der Waals surface area contributed by atoms with Gasteiger partial charge >= 0.3 is 0 Å². The van der Waals surface area contributed by atoms with Gasteiger partial charge in [-0.15, -0.1) is 0 Å². The Labute approximate surface area is 113 Å². The van der Waals surface area contributed by atoms with E-state index in [1.165, 1.54) is 5.56 Å². The van der Waals surface area contributed by atoms with Crippen LogP contribution in [0.15, 0.2) is 36.4 Å². The third-order valence-electron chi connectivity index (χ3n) is 2.81. The molecular formula is C16H16N2O.